The molecule has 1 aliphatic rings. The molecule has 1 saturated heterocycles. The van der Waals surface area contributed by atoms with Gasteiger partial charge in [-0.15, -0.1) is 0 Å². The quantitative estimate of drug-likeness (QED) is 0.904. The first-order valence-electron chi connectivity index (χ1n) is 6.86. The Morgan fingerprint density at radius 1 is 1.45 bits per heavy atom. The van der Waals surface area contributed by atoms with Crippen LogP contribution in [0.3, 0.4) is 0 Å². The maximum Gasteiger partial charge on any atom is 0.322 e. The van der Waals surface area contributed by atoms with Crippen LogP contribution in [0.4, 0.5) is 10.5 Å². The molecule has 2 rings (SSSR count). The standard InChI is InChI=1S/C15H22N2O3/c1-10-5-6-13(14(9-10)19-4)16-15(18)17-7-8-20-12(3)11(17)2/h5-6,9,11-12H,7-8H2,1-4H3,(H,16,18)/t11-,12-/m0/s1. The zero-order valence-electron chi connectivity index (χ0n) is 12.5. The van der Waals surface area contributed by atoms with E-state index in [0.717, 1.165) is 5.56 Å². The highest BCUT2D eigenvalue weighted by molar-refractivity contribution is 5.91. The van der Waals surface area contributed by atoms with Crippen molar-refractivity contribution < 1.29 is 14.3 Å². The van der Waals surface area contributed by atoms with Gasteiger partial charge < -0.3 is 19.7 Å². The zero-order chi connectivity index (χ0) is 14.7. The summed E-state index contributed by atoms with van der Waals surface area (Å²) in [5.74, 6) is 0.673. The Kier molecular flexibility index (Phi) is 4.49. The molecule has 0 bridgehead atoms. The van der Waals surface area contributed by atoms with E-state index in [9.17, 15) is 4.79 Å². The zero-order valence-corrected chi connectivity index (χ0v) is 12.5. The molecule has 0 unspecified atom stereocenters. The van der Waals surface area contributed by atoms with Crippen molar-refractivity contribution >= 4 is 11.7 Å². The molecule has 110 valence electrons. The van der Waals surface area contributed by atoms with E-state index in [-0.39, 0.29) is 18.2 Å². The third-order valence-electron chi connectivity index (χ3n) is 3.74. The van der Waals surface area contributed by atoms with Gasteiger partial charge in [0.05, 0.1) is 31.5 Å². The van der Waals surface area contributed by atoms with Crippen LogP contribution in [0.25, 0.3) is 0 Å². The Hall–Kier alpha value is -1.75. The van der Waals surface area contributed by atoms with Gasteiger partial charge in [-0.1, -0.05) is 6.07 Å². The molecule has 20 heavy (non-hydrogen) atoms. The van der Waals surface area contributed by atoms with E-state index in [1.807, 2.05) is 39.0 Å². The Balaban J connectivity index is 2.11. The topological polar surface area (TPSA) is 50.8 Å². The number of anilines is 1. The summed E-state index contributed by atoms with van der Waals surface area (Å²) in [4.78, 5) is 14.2. The molecule has 1 aromatic rings. The highest BCUT2D eigenvalue weighted by Gasteiger charge is 2.29. The van der Waals surface area contributed by atoms with Gasteiger partial charge in [0.2, 0.25) is 0 Å². The number of carbonyl (C=O) groups excluding carboxylic acids is 1. The van der Waals surface area contributed by atoms with Crippen molar-refractivity contribution in [2.45, 2.75) is 32.9 Å². The van der Waals surface area contributed by atoms with Gasteiger partial charge in [-0.25, -0.2) is 4.79 Å². The molecule has 0 radical (unpaired) electrons. The normalized spacial score (nSPS) is 22.5. The average molecular weight is 278 g/mol. The molecular weight excluding hydrogens is 256 g/mol. The fourth-order valence-corrected chi connectivity index (χ4v) is 2.31. The monoisotopic (exact) mass is 278 g/mol. The minimum absolute atomic E-state index is 0.0504. The lowest BCUT2D eigenvalue weighted by molar-refractivity contribution is -0.0355. The lowest BCUT2D eigenvalue weighted by Gasteiger charge is -2.37. The van der Waals surface area contributed by atoms with Gasteiger partial charge in [0.1, 0.15) is 5.75 Å². The van der Waals surface area contributed by atoms with Crippen LogP contribution in [-0.2, 0) is 4.74 Å². The van der Waals surface area contributed by atoms with Gasteiger partial charge in [0.15, 0.2) is 0 Å². The highest BCUT2D eigenvalue weighted by atomic mass is 16.5. The van der Waals surface area contributed by atoms with Crippen molar-refractivity contribution in [1.82, 2.24) is 4.90 Å². The van der Waals surface area contributed by atoms with Crippen LogP contribution in [0.5, 0.6) is 5.75 Å². The van der Waals surface area contributed by atoms with Crippen molar-refractivity contribution in [1.29, 1.82) is 0 Å². The van der Waals surface area contributed by atoms with Gasteiger partial charge in [0.25, 0.3) is 0 Å². The first-order chi connectivity index (χ1) is 9.52. The number of rotatable bonds is 2. The van der Waals surface area contributed by atoms with Crippen LogP contribution in [0, 0.1) is 6.92 Å². The second kappa shape index (κ2) is 6.13. The molecule has 1 fully saturated rings. The first kappa shape index (κ1) is 14.7. The number of urea groups is 1. The van der Waals surface area contributed by atoms with Gasteiger partial charge in [-0.3, -0.25) is 0 Å². The average Bonchev–Trinajstić information content (AvgIpc) is 2.43. The minimum atomic E-state index is -0.116. The van der Waals surface area contributed by atoms with E-state index in [2.05, 4.69) is 5.32 Å². The summed E-state index contributed by atoms with van der Waals surface area (Å²) in [6.45, 7) is 7.14. The van der Waals surface area contributed by atoms with E-state index < -0.39 is 0 Å². The Morgan fingerprint density at radius 3 is 2.90 bits per heavy atom. The number of hydrogen-bond acceptors (Lipinski definition) is 3. The van der Waals surface area contributed by atoms with Crippen molar-refractivity contribution in [2.75, 3.05) is 25.6 Å². The Bertz CT molecular complexity index is 490. The maximum absolute atomic E-state index is 12.4. The molecule has 0 aromatic heterocycles. The summed E-state index contributed by atoms with van der Waals surface area (Å²) >= 11 is 0. The maximum atomic E-state index is 12.4. The number of amides is 2. The van der Waals surface area contributed by atoms with E-state index in [0.29, 0.717) is 24.6 Å². The minimum Gasteiger partial charge on any atom is -0.495 e. The number of nitrogens with one attached hydrogen (secondary N) is 1. The van der Waals surface area contributed by atoms with E-state index in [1.54, 1.807) is 12.0 Å². The predicted molar refractivity (Wildman–Crippen MR) is 78.3 cm³/mol. The molecule has 1 heterocycles. The van der Waals surface area contributed by atoms with E-state index >= 15 is 0 Å². The van der Waals surface area contributed by atoms with Gasteiger partial charge in [0, 0.05) is 6.54 Å². The fraction of sp³-hybridized carbons (Fsp3) is 0.533. The summed E-state index contributed by atoms with van der Waals surface area (Å²) in [7, 11) is 1.60. The van der Waals surface area contributed by atoms with Crippen molar-refractivity contribution in [3.05, 3.63) is 23.8 Å². The SMILES string of the molecule is COc1cc(C)ccc1NC(=O)N1CCO[C@@H](C)[C@@H]1C. The number of carbonyl (C=O) groups is 1. The van der Waals surface area contributed by atoms with Gasteiger partial charge >= 0.3 is 6.03 Å². The number of nitrogens with zero attached hydrogens (tertiary/aromatic N) is 1. The largest absolute Gasteiger partial charge is 0.495 e. The first-order valence-corrected chi connectivity index (χ1v) is 6.86. The predicted octanol–water partition coefficient (Wildman–Crippen LogP) is 2.64. The van der Waals surface area contributed by atoms with Crippen molar-refractivity contribution in [3.63, 3.8) is 0 Å². The number of morpholine rings is 1. The molecule has 0 saturated carbocycles. The lowest BCUT2D eigenvalue weighted by Crippen LogP contribution is -2.52. The number of hydrogen-bond donors (Lipinski definition) is 1. The summed E-state index contributed by atoms with van der Waals surface area (Å²) < 4.78 is 10.8. The van der Waals surface area contributed by atoms with Crippen LogP contribution in [0.1, 0.15) is 19.4 Å². The van der Waals surface area contributed by atoms with Gasteiger partial charge in [-0.2, -0.15) is 0 Å². The van der Waals surface area contributed by atoms with Crippen molar-refractivity contribution in [3.8, 4) is 5.75 Å². The van der Waals surface area contributed by atoms with Crippen LogP contribution >= 0.6 is 0 Å². The third kappa shape index (κ3) is 3.04. The number of ether oxygens (including phenoxy) is 2. The lowest BCUT2D eigenvalue weighted by atomic mass is 10.1. The molecule has 5 nitrogen and oxygen atoms in total. The molecule has 5 heteroatoms. The van der Waals surface area contributed by atoms with Crippen LogP contribution in [0.15, 0.2) is 18.2 Å². The number of aryl methyl sites for hydroxylation is 1. The smallest absolute Gasteiger partial charge is 0.322 e. The van der Waals surface area contributed by atoms with Crippen LogP contribution in [-0.4, -0.2) is 43.3 Å². The molecule has 1 aliphatic heterocycles. The second-order valence-corrected chi connectivity index (χ2v) is 5.14. The molecular formula is C15H22N2O3. The van der Waals surface area contributed by atoms with Crippen LogP contribution in [0.2, 0.25) is 0 Å². The molecule has 0 aliphatic carbocycles. The molecule has 2 atom stereocenters. The summed E-state index contributed by atoms with van der Waals surface area (Å²) in [5.41, 5.74) is 1.78. The van der Waals surface area contributed by atoms with Crippen molar-refractivity contribution in [2.24, 2.45) is 0 Å². The van der Waals surface area contributed by atoms with Gasteiger partial charge in [-0.05, 0) is 38.5 Å². The molecule has 2 amide bonds. The molecule has 1 aromatic carbocycles. The van der Waals surface area contributed by atoms with E-state index in [4.69, 9.17) is 9.47 Å². The second-order valence-electron chi connectivity index (χ2n) is 5.14. The summed E-state index contributed by atoms with van der Waals surface area (Å²) in [5, 5.41) is 2.92. The number of benzene rings is 1. The van der Waals surface area contributed by atoms with Crippen LogP contribution < -0.4 is 10.1 Å². The summed E-state index contributed by atoms with van der Waals surface area (Å²) in [6, 6.07) is 5.65. The van der Waals surface area contributed by atoms with E-state index in [1.165, 1.54) is 0 Å². The highest BCUT2D eigenvalue weighted by Crippen LogP contribution is 2.26. The Labute approximate surface area is 119 Å². The third-order valence-corrected chi connectivity index (χ3v) is 3.74. The summed E-state index contributed by atoms with van der Waals surface area (Å²) in [6.07, 6.45) is 0.0504. The molecule has 1 N–H and O–H groups in total. The molecule has 0 spiro atoms. The number of methoxy groups -OCH3 is 1. The fourth-order valence-electron chi connectivity index (χ4n) is 2.31. The Morgan fingerprint density at radius 2 is 2.20 bits per heavy atom.